The molecule has 1 unspecified atom stereocenters. The Labute approximate surface area is 95.4 Å². The van der Waals surface area contributed by atoms with Gasteiger partial charge in [-0.15, -0.1) is 0 Å². The lowest BCUT2D eigenvalue weighted by atomic mass is 9.89. The van der Waals surface area contributed by atoms with Crippen molar-refractivity contribution in [3.05, 3.63) is 0 Å². The van der Waals surface area contributed by atoms with E-state index in [0.29, 0.717) is 6.61 Å². The number of piperidine rings is 1. The smallest absolute Gasteiger partial charge is 0.331 e. The highest BCUT2D eigenvalue weighted by atomic mass is 16.6. The first kappa shape index (κ1) is 11.8. The van der Waals surface area contributed by atoms with E-state index in [2.05, 4.69) is 10.1 Å². The van der Waals surface area contributed by atoms with Crippen LogP contribution in [-0.4, -0.2) is 51.1 Å². The zero-order valence-electron chi connectivity index (χ0n) is 9.66. The number of hydrogen-bond donors (Lipinski definition) is 1. The van der Waals surface area contributed by atoms with Crippen LogP contribution in [0.3, 0.4) is 0 Å². The summed E-state index contributed by atoms with van der Waals surface area (Å²) in [6, 6.07) is 0. The maximum Gasteiger partial charge on any atom is 0.331 e. The molecule has 2 heterocycles. The van der Waals surface area contributed by atoms with Crippen LogP contribution in [0.5, 0.6) is 0 Å². The first-order valence-corrected chi connectivity index (χ1v) is 5.77. The van der Waals surface area contributed by atoms with E-state index < -0.39 is 0 Å². The van der Waals surface area contributed by atoms with Crippen molar-refractivity contribution in [3.63, 3.8) is 0 Å². The number of ether oxygens (including phenoxy) is 3. The fraction of sp³-hybridized carbons (Fsp3) is 0.909. The van der Waals surface area contributed by atoms with E-state index in [-0.39, 0.29) is 24.3 Å². The molecule has 2 fully saturated rings. The molecule has 1 spiro atoms. The molecule has 92 valence electrons. The fourth-order valence-corrected chi connectivity index (χ4v) is 2.39. The van der Waals surface area contributed by atoms with Gasteiger partial charge in [0.15, 0.2) is 0 Å². The number of carbonyl (C=O) groups excluding carboxylic acids is 1. The topological polar surface area (TPSA) is 56.8 Å². The normalized spacial score (nSPS) is 28.2. The lowest BCUT2D eigenvalue weighted by Crippen LogP contribution is -2.41. The Kier molecular flexibility index (Phi) is 3.78. The molecular weight excluding hydrogens is 210 g/mol. The third-order valence-corrected chi connectivity index (χ3v) is 3.35. The SMILES string of the molecule is COC(=O)COC1COC2(CCNCC2)C1. The van der Waals surface area contributed by atoms with Crippen LogP contribution < -0.4 is 5.32 Å². The van der Waals surface area contributed by atoms with Crippen molar-refractivity contribution in [2.75, 3.05) is 33.4 Å². The molecule has 5 heteroatoms. The quantitative estimate of drug-likeness (QED) is 0.695. The van der Waals surface area contributed by atoms with Crippen LogP contribution in [0.15, 0.2) is 0 Å². The van der Waals surface area contributed by atoms with E-state index in [9.17, 15) is 4.79 Å². The Bertz CT molecular complexity index is 250. The van der Waals surface area contributed by atoms with Gasteiger partial charge in [0.1, 0.15) is 6.61 Å². The van der Waals surface area contributed by atoms with E-state index in [1.165, 1.54) is 7.11 Å². The predicted molar refractivity (Wildman–Crippen MR) is 57.2 cm³/mol. The van der Waals surface area contributed by atoms with Crippen molar-refractivity contribution in [1.82, 2.24) is 5.32 Å². The molecule has 2 saturated heterocycles. The van der Waals surface area contributed by atoms with Crippen LogP contribution in [0.2, 0.25) is 0 Å². The molecule has 2 rings (SSSR count). The van der Waals surface area contributed by atoms with Crippen molar-refractivity contribution in [1.29, 1.82) is 0 Å². The van der Waals surface area contributed by atoms with Crippen LogP contribution in [0.1, 0.15) is 19.3 Å². The summed E-state index contributed by atoms with van der Waals surface area (Å²) >= 11 is 0. The Balaban J connectivity index is 1.76. The molecule has 0 saturated carbocycles. The Morgan fingerprint density at radius 2 is 2.25 bits per heavy atom. The van der Waals surface area contributed by atoms with Gasteiger partial charge in [-0.25, -0.2) is 4.79 Å². The average molecular weight is 229 g/mol. The minimum atomic E-state index is -0.328. The Morgan fingerprint density at radius 3 is 2.94 bits per heavy atom. The Morgan fingerprint density at radius 1 is 1.50 bits per heavy atom. The van der Waals surface area contributed by atoms with Crippen molar-refractivity contribution < 1.29 is 19.0 Å². The number of nitrogens with one attached hydrogen (secondary N) is 1. The van der Waals surface area contributed by atoms with Gasteiger partial charge < -0.3 is 19.5 Å². The van der Waals surface area contributed by atoms with Gasteiger partial charge in [0.2, 0.25) is 0 Å². The predicted octanol–water partition coefficient (Wildman–Crippen LogP) is 0.0871. The number of carbonyl (C=O) groups is 1. The molecule has 0 amide bonds. The van der Waals surface area contributed by atoms with E-state index in [1.54, 1.807) is 0 Å². The second-order valence-electron chi connectivity index (χ2n) is 4.46. The summed E-state index contributed by atoms with van der Waals surface area (Å²) in [5.41, 5.74) is -0.00790. The van der Waals surface area contributed by atoms with Crippen molar-refractivity contribution in [2.24, 2.45) is 0 Å². The van der Waals surface area contributed by atoms with Crippen LogP contribution in [0.25, 0.3) is 0 Å². The number of methoxy groups -OCH3 is 1. The van der Waals surface area contributed by atoms with Gasteiger partial charge in [0, 0.05) is 6.42 Å². The third-order valence-electron chi connectivity index (χ3n) is 3.35. The summed E-state index contributed by atoms with van der Waals surface area (Å²) in [7, 11) is 1.37. The zero-order valence-corrected chi connectivity index (χ0v) is 9.66. The summed E-state index contributed by atoms with van der Waals surface area (Å²) in [5.74, 6) is -0.328. The van der Waals surface area contributed by atoms with Gasteiger partial charge in [-0.1, -0.05) is 0 Å². The minimum Gasteiger partial charge on any atom is -0.467 e. The lowest BCUT2D eigenvalue weighted by Gasteiger charge is -2.32. The highest BCUT2D eigenvalue weighted by Crippen LogP contribution is 2.34. The van der Waals surface area contributed by atoms with Crippen LogP contribution in [-0.2, 0) is 19.0 Å². The van der Waals surface area contributed by atoms with Crippen LogP contribution in [0.4, 0.5) is 0 Å². The van der Waals surface area contributed by atoms with E-state index >= 15 is 0 Å². The zero-order chi connectivity index (χ0) is 11.4. The summed E-state index contributed by atoms with van der Waals surface area (Å²) in [6.45, 7) is 2.63. The summed E-state index contributed by atoms with van der Waals surface area (Å²) in [6.07, 6.45) is 3.00. The molecule has 0 aromatic heterocycles. The van der Waals surface area contributed by atoms with Gasteiger partial charge in [-0.2, -0.15) is 0 Å². The van der Waals surface area contributed by atoms with Gasteiger partial charge >= 0.3 is 5.97 Å². The summed E-state index contributed by atoms with van der Waals surface area (Å²) in [5, 5.41) is 3.32. The molecular formula is C11H19NO4. The fourth-order valence-electron chi connectivity index (χ4n) is 2.39. The molecule has 0 aromatic rings. The van der Waals surface area contributed by atoms with Gasteiger partial charge in [0.05, 0.1) is 25.4 Å². The maximum atomic E-state index is 10.9. The Hall–Kier alpha value is -0.650. The van der Waals surface area contributed by atoms with Gasteiger partial charge in [-0.3, -0.25) is 0 Å². The maximum absolute atomic E-state index is 10.9. The number of rotatable bonds is 3. The van der Waals surface area contributed by atoms with Crippen molar-refractivity contribution in [2.45, 2.75) is 31.0 Å². The standard InChI is InChI=1S/C11H19NO4/c1-14-10(13)8-15-9-6-11(16-7-9)2-4-12-5-3-11/h9,12H,2-8H2,1H3. The molecule has 0 bridgehead atoms. The third kappa shape index (κ3) is 2.72. The second kappa shape index (κ2) is 5.12. The minimum absolute atomic E-state index is 0.00790. The molecule has 16 heavy (non-hydrogen) atoms. The highest BCUT2D eigenvalue weighted by molar-refractivity contribution is 5.70. The molecule has 0 aliphatic carbocycles. The van der Waals surface area contributed by atoms with E-state index in [0.717, 1.165) is 32.4 Å². The summed E-state index contributed by atoms with van der Waals surface area (Å²) < 4.78 is 15.8. The molecule has 1 atom stereocenters. The molecule has 5 nitrogen and oxygen atoms in total. The van der Waals surface area contributed by atoms with Crippen molar-refractivity contribution in [3.8, 4) is 0 Å². The first-order chi connectivity index (χ1) is 7.74. The molecule has 2 aliphatic heterocycles. The molecule has 0 aromatic carbocycles. The van der Waals surface area contributed by atoms with E-state index in [4.69, 9.17) is 9.47 Å². The van der Waals surface area contributed by atoms with Gasteiger partial charge in [-0.05, 0) is 25.9 Å². The first-order valence-electron chi connectivity index (χ1n) is 5.77. The van der Waals surface area contributed by atoms with Crippen molar-refractivity contribution >= 4 is 5.97 Å². The molecule has 2 aliphatic rings. The second-order valence-corrected chi connectivity index (χ2v) is 4.46. The summed E-state index contributed by atoms with van der Waals surface area (Å²) in [4.78, 5) is 10.9. The largest absolute Gasteiger partial charge is 0.467 e. The molecule has 0 radical (unpaired) electrons. The van der Waals surface area contributed by atoms with Gasteiger partial charge in [0.25, 0.3) is 0 Å². The number of hydrogen-bond acceptors (Lipinski definition) is 5. The van der Waals surface area contributed by atoms with Crippen LogP contribution in [0, 0.1) is 0 Å². The monoisotopic (exact) mass is 229 g/mol. The van der Waals surface area contributed by atoms with E-state index in [1.807, 2.05) is 0 Å². The molecule has 1 N–H and O–H groups in total. The number of esters is 1. The van der Waals surface area contributed by atoms with Crippen LogP contribution >= 0.6 is 0 Å². The lowest BCUT2D eigenvalue weighted by molar-refractivity contribution is -0.147. The average Bonchev–Trinajstić information content (AvgIpc) is 2.70. The highest BCUT2D eigenvalue weighted by Gasteiger charge is 2.41.